The Hall–Kier alpha value is -1.84. The number of amides is 1. The molecule has 0 aliphatic rings. The summed E-state index contributed by atoms with van der Waals surface area (Å²) in [4.78, 5) is 25.1. The maximum atomic E-state index is 12.7. The van der Waals surface area contributed by atoms with Gasteiger partial charge in [0.25, 0.3) is 0 Å². The van der Waals surface area contributed by atoms with Gasteiger partial charge >= 0.3 is 5.97 Å². The summed E-state index contributed by atoms with van der Waals surface area (Å²) in [6.07, 6.45) is 1.41. The van der Waals surface area contributed by atoms with Gasteiger partial charge in [0, 0.05) is 12.5 Å². The van der Waals surface area contributed by atoms with Gasteiger partial charge in [0.1, 0.15) is 6.54 Å². The van der Waals surface area contributed by atoms with Crippen LogP contribution in [-0.4, -0.2) is 35.0 Å². The Morgan fingerprint density at radius 2 is 1.81 bits per heavy atom. The molecule has 0 fully saturated rings. The van der Waals surface area contributed by atoms with E-state index in [4.69, 9.17) is 5.11 Å². The molecule has 0 bridgehead atoms. The van der Waals surface area contributed by atoms with Crippen LogP contribution >= 0.6 is 0 Å². The van der Waals surface area contributed by atoms with E-state index in [2.05, 4.69) is 0 Å². The maximum absolute atomic E-state index is 12.7. The first kappa shape index (κ1) is 17.2. The largest absolute Gasteiger partial charge is 0.480 e. The van der Waals surface area contributed by atoms with Gasteiger partial charge in [-0.15, -0.1) is 0 Å². The molecule has 0 aromatic heterocycles. The van der Waals surface area contributed by atoms with Crippen molar-refractivity contribution in [3.63, 3.8) is 0 Å². The van der Waals surface area contributed by atoms with Gasteiger partial charge in [-0.05, 0) is 24.3 Å². The van der Waals surface area contributed by atoms with E-state index in [-0.39, 0.29) is 24.3 Å². The minimum absolute atomic E-state index is 0.0573. The minimum atomic E-state index is -0.959. The van der Waals surface area contributed by atoms with Crippen molar-refractivity contribution in [2.24, 2.45) is 11.8 Å². The molecule has 4 nitrogen and oxygen atoms in total. The number of hydrogen-bond donors (Lipinski definition) is 1. The predicted octanol–water partition coefficient (Wildman–Crippen LogP) is 2.82. The molecule has 1 rings (SSSR count). The first-order chi connectivity index (χ1) is 9.95. The van der Waals surface area contributed by atoms with E-state index in [0.717, 1.165) is 12.0 Å². The highest BCUT2D eigenvalue weighted by Gasteiger charge is 2.28. The third kappa shape index (κ3) is 5.58. The van der Waals surface area contributed by atoms with Crippen LogP contribution in [0.1, 0.15) is 32.8 Å². The first-order valence-corrected chi connectivity index (χ1v) is 7.50. The van der Waals surface area contributed by atoms with E-state index in [0.29, 0.717) is 13.0 Å². The van der Waals surface area contributed by atoms with Crippen molar-refractivity contribution in [1.29, 1.82) is 0 Å². The van der Waals surface area contributed by atoms with Crippen LogP contribution in [0.15, 0.2) is 30.3 Å². The standard InChI is InChI=1S/C17H25NO3/c1-4-10-18(12-16(19)20)17(21)15(13(2)3)11-14-8-6-5-7-9-14/h5-9,13,15H,4,10-12H2,1-3H3,(H,19,20). The van der Waals surface area contributed by atoms with Gasteiger partial charge in [-0.25, -0.2) is 0 Å². The van der Waals surface area contributed by atoms with Crippen molar-refractivity contribution in [1.82, 2.24) is 4.90 Å². The molecular weight excluding hydrogens is 266 g/mol. The van der Waals surface area contributed by atoms with Crippen molar-refractivity contribution in [3.8, 4) is 0 Å². The van der Waals surface area contributed by atoms with E-state index < -0.39 is 5.97 Å². The van der Waals surface area contributed by atoms with Crippen LogP contribution in [0.5, 0.6) is 0 Å². The zero-order valence-corrected chi connectivity index (χ0v) is 13.1. The Kier molecular flexibility index (Phi) is 6.92. The molecule has 0 spiro atoms. The van der Waals surface area contributed by atoms with Crippen LogP contribution in [0, 0.1) is 11.8 Å². The van der Waals surface area contributed by atoms with Gasteiger partial charge in [-0.1, -0.05) is 51.1 Å². The third-order valence-corrected chi connectivity index (χ3v) is 3.55. The molecule has 1 N–H and O–H groups in total. The molecule has 1 atom stereocenters. The average molecular weight is 291 g/mol. The second-order valence-corrected chi connectivity index (χ2v) is 5.69. The monoisotopic (exact) mass is 291 g/mol. The second-order valence-electron chi connectivity index (χ2n) is 5.69. The zero-order valence-electron chi connectivity index (χ0n) is 13.1. The molecule has 1 aromatic carbocycles. The Balaban J connectivity index is 2.86. The second kappa shape index (κ2) is 8.45. The molecule has 0 aliphatic carbocycles. The number of benzene rings is 1. The summed E-state index contributed by atoms with van der Waals surface area (Å²) in [6, 6.07) is 9.87. The average Bonchev–Trinajstić information content (AvgIpc) is 2.44. The van der Waals surface area contributed by atoms with E-state index >= 15 is 0 Å². The molecule has 0 radical (unpaired) electrons. The Bertz CT molecular complexity index is 456. The number of carboxylic acids is 1. The normalized spacial score (nSPS) is 12.2. The Morgan fingerprint density at radius 3 is 2.29 bits per heavy atom. The van der Waals surface area contributed by atoms with Gasteiger partial charge in [0.05, 0.1) is 0 Å². The molecule has 0 heterocycles. The van der Waals surface area contributed by atoms with Crippen molar-refractivity contribution >= 4 is 11.9 Å². The molecule has 116 valence electrons. The molecule has 0 saturated heterocycles. The summed E-state index contributed by atoms with van der Waals surface area (Å²) in [5.74, 6) is -1.03. The van der Waals surface area contributed by atoms with Crippen LogP contribution < -0.4 is 0 Å². The molecule has 21 heavy (non-hydrogen) atoms. The molecule has 1 aromatic rings. The lowest BCUT2D eigenvalue weighted by Crippen LogP contribution is -2.42. The topological polar surface area (TPSA) is 57.6 Å². The van der Waals surface area contributed by atoms with Crippen molar-refractivity contribution in [2.45, 2.75) is 33.6 Å². The minimum Gasteiger partial charge on any atom is -0.480 e. The summed E-state index contributed by atoms with van der Waals surface area (Å²) < 4.78 is 0. The van der Waals surface area contributed by atoms with Gasteiger partial charge in [-0.3, -0.25) is 9.59 Å². The van der Waals surface area contributed by atoms with Crippen LogP contribution in [-0.2, 0) is 16.0 Å². The predicted molar refractivity (Wildman–Crippen MR) is 83.0 cm³/mol. The number of carbonyl (C=O) groups excluding carboxylic acids is 1. The van der Waals surface area contributed by atoms with E-state index in [1.165, 1.54) is 4.90 Å². The van der Waals surface area contributed by atoms with Gasteiger partial charge < -0.3 is 10.0 Å². The van der Waals surface area contributed by atoms with Crippen molar-refractivity contribution in [3.05, 3.63) is 35.9 Å². The van der Waals surface area contributed by atoms with Crippen LogP contribution in [0.3, 0.4) is 0 Å². The smallest absolute Gasteiger partial charge is 0.323 e. The SMILES string of the molecule is CCCN(CC(=O)O)C(=O)C(Cc1ccccc1)C(C)C. The zero-order chi connectivity index (χ0) is 15.8. The summed E-state index contributed by atoms with van der Waals surface area (Å²) in [7, 11) is 0. The fourth-order valence-corrected chi connectivity index (χ4v) is 2.41. The molecule has 1 amide bonds. The quantitative estimate of drug-likeness (QED) is 0.801. The van der Waals surface area contributed by atoms with E-state index in [1.54, 1.807) is 0 Å². The van der Waals surface area contributed by atoms with Crippen LogP contribution in [0.4, 0.5) is 0 Å². The Morgan fingerprint density at radius 1 is 1.19 bits per heavy atom. The number of hydrogen-bond acceptors (Lipinski definition) is 2. The highest BCUT2D eigenvalue weighted by Crippen LogP contribution is 2.20. The summed E-state index contributed by atoms with van der Waals surface area (Å²) in [5, 5.41) is 8.98. The number of carboxylic acid groups (broad SMARTS) is 1. The number of nitrogens with zero attached hydrogens (tertiary/aromatic N) is 1. The summed E-state index contributed by atoms with van der Waals surface area (Å²) >= 11 is 0. The van der Waals surface area contributed by atoms with Gasteiger partial charge in [0.15, 0.2) is 0 Å². The Labute approximate surface area is 126 Å². The van der Waals surface area contributed by atoms with E-state index in [9.17, 15) is 9.59 Å². The van der Waals surface area contributed by atoms with E-state index in [1.807, 2.05) is 51.1 Å². The highest BCUT2D eigenvalue weighted by atomic mass is 16.4. The fourth-order valence-electron chi connectivity index (χ4n) is 2.41. The number of rotatable bonds is 8. The number of aliphatic carboxylic acids is 1. The fraction of sp³-hybridized carbons (Fsp3) is 0.529. The maximum Gasteiger partial charge on any atom is 0.323 e. The molecule has 0 aliphatic heterocycles. The molecule has 1 unspecified atom stereocenters. The lowest BCUT2D eigenvalue weighted by atomic mass is 9.88. The third-order valence-electron chi connectivity index (χ3n) is 3.55. The van der Waals surface area contributed by atoms with Crippen LogP contribution in [0.25, 0.3) is 0 Å². The van der Waals surface area contributed by atoms with Crippen molar-refractivity contribution < 1.29 is 14.7 Å². The molecule has 0 saturated carbocycles. The lowest BCUT2D eigenvalue weighted by molar-refractivity contribution is -0.147. The van der Waals surface area contributed by atoms with Crippen LogP contribution in [0.2, 0.25) is 0 Å². The summed E-state index contributed by atoms with van der Waals surface area (Å²) in [6.45, 7) is 6.24. The first-order valence-electron chi connectivity index (χ1n) is 7.50. The lowest BCUT2D eigenvalue weighted by Gasteiger charge is -2.28. The molecular formula is C17H25NO3. The van der Waals surface area contributed by atoms with Gasteiger partial charge in [-0.2, -0.15) is 0 Å². The highest BCUT2D eigenvalue weighted by molar-refractivity contribution is 5.83. The number of carbonyl (C=O) groups is 2. The molecule has 4 heteroatoms. The van der Waals surface area contributed by atoms with Crippen molar-refractivity contribution in [2.75, 3.05) is 13.1 Å². The van der Waals surface area contributed by atoms with Gasteiger partial charge in [0.2, 0.25) is 5.91 Å². The summed E-state index contributed by atoms with van der Waals surface area (Å²) in [5.41, 5.74) is 1.11.